The Hall–Kier alpha value is -0.980. The molecule has 3 unspecified atom stereocenters. The van der Waals surface area contributed by atoms with Crippen LogP contribution in [0.1, 0.15) is 17.2 Å². The number of rotatable bonds is 5. The molecular weight excluding hydrogens is 290 g/mol. The largest absolute Gasteiger partial charge is 0.390 e. The number of fused-ring (bicyclic) bond motifs is 1. The highest BCUT2D eigenvalue weighted by Gasteiger charge is 2.34. The van der Waals surface area contributed by atoms with Gasteiger partial charge in [-0.05, 0) is 31.6 Å². The predicted molar refractivity (Wildman–Crippen MR) is 91.5 cm³/mol. The van der Waals surface area contributed by atoms with Gasteiger partial charge in [0.2, 0.25) is 0 Å². The van der Waals surface area contributed by atoms with Gasteiger partial charge in [0.05, 0.1) is 12.2 Å². The standard InChI is InChI=1S/C18H29N3O2/c1-19-7-9-21(10-8-19)13-15(22)12-20(2)17-11-14-5-3-4-6-16(14)18(17)23/h3-6,15,17-18,22-23H,7-13H2,1-2H3. The first-order valence-corrected chi connectivity index (χ1v) is 8.59. The third kappa shape index (κ3) is 3.92. The van der Waals surface area contributed by atoms with Gasteiger partial charge in [-0.15, -0.1) is 0 Å². The van der Waals surface area contributed by atoms with Crippen molar-refractivity contribution in [3.63, 3.8) is 0 Å². The van der Waals surface area contributed by atoms with Gasteiger partial charge < -0.3 is 15.1 Å². The molecule has 1 aromatic rings. The maximum Gasteiger partial charge on any atom is 0.0950 e. The van der Waals surface area contributed by atoms with E-state index < -0.39 is 6.10 Å². The van der Waals surface area contributed by atoms with Crippen molar-refractivity contribution >= 4 is 0 Å². The SMILES string of the molecule is CN1CCN(CC(O)CN(C)C2Cc3ccccc3C2O)CC1. The molecule has 0 bridgehead atoms. The van der Waals surface area contributed by atoms with E-state index in [0.717, 1.165) is 38.2 Å². The molecule has 1 fully saturated rings. The molecule has 2 N–H and O–H groups in total. The third-order valence-corrected chi connectivity index (χ3v) is 5.30. The summed E-state index contributed by atoms with van der Waals surface area (Å²) in [6, 6.07) is 8.17. The Morgan fingerprint density at radius 3 is 2.61 bits per heavy atom. The number of hydrogen-bond acceptors (Lipinski definition) is 5. The van der Waals surface area contributed by atoms with Gasteiger partial charge in [0.25, 0.3) is 0 Å². The number of piperazine rings is 1. The van der Waals surface area contributed by atoms with E-state index in [1.54, 1.807) is 0 Å². The van der Waals surface area contributed by atoms with Gasteiger partial charge in [0, 0.05) is 45.3 Å². The van der Waals surface area contributed by atoms with Crippen LogP contribution in [0.25, 0.3) is 0 Å². The molecule has 0 radical (unpaired) electrons. The van der Waals surface area contributed by atoms with Crippen molar-refractivity contribution in [3.05, 3.63) is 35.4 Å². The first-order valence-electron chi connectivity index (χ1n) is 8.59. The van der Waals surface area contributed by atoms with Crippen molar-refractivity contribution in [2.45, 2.75) is 24.7 Å². The molecule has 23 heavy (non-hydrogen) atoms. The molecule has 0 spiro atoms. The van der Waals surface area contributed by atoms with Crippen LogP contribution in [0.5, 0.6) is 0 Å². The van der Waals surface area contributed by atoms with Crippen LogP contribution in [0.3, 0.4) is 0 Å². The number of aliphatic hydroxyl groups excluding tert-OH is 2. The zero-order valence-corrected chi connectivity index (χ0v) is 14.2. The van der Waals surface area contributed by atoms with Crippen LogP contribution >= 0.6 is 0 Å². The van der Waals surface area contributed by atoms with Gasteiger partial charge >= 0.3 is 0 Å². The molecule has 1 aliphatic heterocycles. The normalized spacial score (nSPS) is 27.3. The molecule has 5 heteroatoms. The quantitative estimate of drug-likeness (QED) is 0.811. The van der Waals surface area contributed by atoms with Crippen molar-refractivity contribution in [1.82, 2.24) is 14.7 Å². The summed E-state index contributed by atoms with van der Waals surface area (Å²) >= 11 is 0. The van der Waals surface area contributed by atoms with Crippen molar-refractivity contribution in [2.24, 2.45) is 0 Å². The lowest BCUT2D eigenvalue weighted by molar-refractivity contribution is 0.0238. The summed E-state index contributed by atoms with van der Waals surface area (Å²) in [7, 11) is 4.15. The maximum absolute atomic E-state index is 10.5. The fourth-order valence-electron chi connectivity index (χ4n) is 3.80. The third-order valence-electron chi connectivity index (χ3n) is 5.30. The van der Waals surface area contributed by atoms with Crippen molar-refractivity contribution in [3.8, 4) is 0 Å². The average molecular weight is 319 g/mol. The van der Waals surface area contributed by atoms with Crippen LogP contribution in [-0.2, 0) is 6.42 Å². The molecule has 0 amide bonds. The summed E-state index contributed by atoms with van der Waals surface area (Å²) in [4.78, 5) is 6.77. The molecule has 1 aromatic carbocycles. The van der Waals surface area contributed by atoms with Crippen LogP contribution in [-0.4, -0.2) is 90.4 Å². The smallest absolute Gasteiger partial charge is 0.0950 e. The first-order chi connectivity index (χ1) is 11.0. The minimum atomic E-state index is -0.452. The molecule has 1 aliphatic carbocycles. The minimum absolute atomic E-state index is 0.0644. The molecule has 3 rings (SSSR count). The second-order valence-corrected chi connectivity index (χ2v) is 7.11. The second kappa shape index (κ2) is 7.28. The van der Waals surface area contributed by atoms with Gasteiger partial charge in [-0.25, -0.2) is 0 Å². The van der Waals surface area contributed by atoms with E-state index in [-0.39, 0.29) is 12.1 Å². The van der Waals surface area contributed by atoms with E-state index in [1.165, 1.54) is 5.56 Å². The highest BCUT2D eigenvalue weighted by atomic mass is 16.3. The van der Waals surface area contributed by atoms with E-state index in [1.807, 2.05) is 25.2 Å². The number of likely N-dealkylation sites (N-methyl/N-ethyl adjacent to an activating group) is 2. The van der Waals surface area contributed by atoms with Crippen molar-refractivity contribution in [2.75, 3.05) is 53.4 Å². The zero-order valence-electron chi connectivity index (χ0n) is 14.2. The Labute approximate surface area is 139 Å². The lowest BCUT2D eigenvalue weighted by atomic mass is 10.1. The van der Waals surface area contributed by atoms with Crippen LogP contribution in [0.15, 0.2) is 24.3 Å². The van der Waals surface area contributed by atoms with Gasteiger partial charge in [-0.1, -0.05) is 24.3 Å². The summed E-state index contributed by atoms with van der Waals surface area (Å²) in [6.07, 6.45) is 0.0288. The molecule has 1 saturated heterocycles. The summed E-state index contributed by atoms with van der Waals surface area (Å²) in [5.41, 5.74) is 2.27. The van der Waals surface area contributed by atoms with Gasteiger partial charge in [0.1, 0.15) is 0 Å². The topological polar surface area (TPSA) is 50.2 Å². The average Bonchev–Trinajstić information content (AvgIpc) is 2.87. The Morgan fingerprint density at radius 1 is 1.22 bits per heavy atom. The van der Waals surface area contributed by atoms with Crippen LogP contribution in [0.2, 0.25) is 0 Å². The Morgan fingerprint density at radius 2 is 1.91 bits per heavy atom. The summed E-state index contributed by atoms with van der Waals surface area (Å²) in [5.74, 6) is 0. The number of hydrogen-bond donors (Lipinski definition) is 2. The van der Waals surface area contributed by atoms with Crippen molar-refractivity contribution in [1.29, 1.82) is 0 Å². The van der Waals surface area contributed by atoms with Gasteiger partial charge in [-0.3, -0.25) is 9.80 Å². The van der Waals surface area contributed by atoms with E-state index in [2.05, 4.69) is 27.8 Å². The van der Waals surface area contributed by atoms with E-state index in [4.69, 9.17) is 0 Å². The first kappa shape index (κ1) is 16.9. The van der Waals surface area contributed by atoms with Gasteiger partial charge in [-0.2, -0.15) is 0 Å². The zero-order chi connectivity index (χ0) is 16.4. The Balaban J connectivity index is 1.50. The molecule has 0 saturated carbocycles. The summed E-state index contributed by atoms with van der Waals surface area (Å²) in [6.45, 7) is 5.50. The predicted octanol–water partition coefficient (Wildman–Crippen LogP) is 0.185. The molecular formula is C18H29N3O2. The van der Waals surface area contributed by atoms with Crippen LogP contribution < -0.4 is 0 Å². The highest BCUT2D eigenvalue weighted by Crippen LogP contribution is 2.33. The fourth-order valence-corrected chi connectivity index (χ4v) is 3.80. The Bertz CT molecular complexity index is 517. The molecule has 0 aromatic heterocycles. The lowest BCUT2D eigenvalue weighted by Gasteiger charge is -2.35. The Kier molecular flexibility index (Phi) is 5.34. The highest BCUT2D eigenvalue weighted by molar-refractivity contribution is 5.35. The number of benzene rings is 1. The maximum atomic E-state index is 10.5. The summed E-state index contributed by atoms with van der Waals surface area (Å²) in [5, 5.41) is 21.0. The number of nitrogens with zero attached hydrogens (tertiary/aromatic N) is 3. The van der Waals surface area contributed by atoms with Crippen molar-refractivity contribution < 1.29 is 10.2 Å². The fraction of sp³-hybridized carbons (Fsp3) is 0.667. The number of aliphatic hydroxyl groups is 2. The van der Waals surface area contributed by atoms with Gasteiger partial charge in [0.15, 0.2) is 0 Å². The summed E-state index contributed by atoms with van der Waals surface area (Å²) < 4.78 is 0. The monoisotopic (exact) mass is 319 g/mol. The lowest BCUT2D eigenvalue weighted by Crippen LogP contribution is -2.49. The molecule has 128 valence electrons. The minimum Gasteiger partial charge on any atom is -0.390 e. The van der Waals surface area contributed by atoms with Crippen LogP contribution in [0, 0.1) is 0 Å². The molecule has 3 atom stereocenters. The molecule has 1 heterocycles. The van der Waals surface area contributed by atoms with E-state index in [9.17, 15) is 10.2 Å². The van der Waals surface area contributed by atoms with E-state index >= 15 is 0 Å². The molecule has 2 aliphatic rings. The molecule has 5 nitrogen and oxygen atoms in total. The second-order valence-electron chi connectivity index (χ2n) is 7.11. The van der Waals surface area contributed by atoms with Crippen LogP contribution in [0.4, 0.5) is 0 Å². The number of β-amino-alcohol motifs (C(OH)–C–C–N with tert-alkyl or cyclic N) is 1. The van der Waals surface area contributed by atoms with E-state index in [0.29, 0.717) is 13.1 Å².